The molecule has 0 spiro atoms. The lowest BCUT2D eigenvalue weighted by molar-refractivity contribution is 0.224. The third-order valence-electron chi connectivity index (χ3n) is 5.05. The van der Waals surface area contributed by atoms with Gasteiger partial charge in [-0.3, -0.25) is 0 Å². The Morgan fingerprint density at radius 3 is 2.41 bits per heavy atom. The van der Waals surface area contributed by atoms with Gasteiger partial charge in [0.05, 0.1) is 5.75 Å². The van der Waals surface area contributed by atoms with Crippen molar-refractivity contribution in [3.05, 3.63) is 0 Å². The fraction of sp³-hybridized carbons (Fsp3) is 0.933. The van der Waals surface area contributed by atoms with Crippen LogP contribution in [0.1, 0.15) is 51.4 Å². The number of carbonyl (C=O) groups excluding carboxylic acids is 1. The summed E-state index contributed by atoms with van der Waals surface area (Å²) in [4.78, 5) is 12.2. The molecular formula is C15H27N3O3S. The van der Waals surface area contributed by atoms with Gasteiger partial charge in [-0.05, 0) is 38.0 Å². The summed E-state index contributed by atoms with van der Waals surface area (Å²) < 4.78 is 25.4. The van der Waals surface area contributed by atoms with E-state index in [-0.39, 0.29) is 23.9 Å². The molecular weight excluding hydrogens is 302 g/mol. The molecule has 2 N–H and O–H groups in total. The highest BCUT2D eigenvalue weighted by molar-refractivity contribution is 7.89. The number of sulfonamides is 1. The lowest BCUT2D eigenvalue weighted by Crippen LogP contribution is -2.51. The smallest absolute Gasteiger partial charge is 0.315 e. The highest BCUT2D eigenvalue weighted by Crippen LogP contribution is 2.33. The van der Waals surface area contributed by atoms with Crippen molar-refractivity contribution in [2.24, 2.45) is 5.92 Å². The van der Waals surface area contributed by atoms with Crippen molar-refractivity contribution in [2.45, 2.75) is 63.5 Å². The second kappa shape index (κ2) is 6.74. The van der Waals surface area contributed by atoms with Gasteiger partial charge in [0, 0.05) is 25.2 Å². The number of amides is 2. The van der Waals surface area contributed by atoms with E-state index in [2.05, 4.69) is 10.6 Å². The van der Waals surface area contributed by atoms with E-state index in [0.717, 1.165) is 25.7 Å². The molecule has 3 rings (SSSR count). The molecule has 1 heterocycles. The standard InChI is InChI=1S/C15H27N3O3S/c19-15(16-13-5-2-1-3-6-13)17-14(12-7-8-12)11-18-9-4-10-22(18,20)21/h12-14H,1-11H2,(H2,16,17,19). The second-order valence-electron chi connectivity index (χ2n) is 6.92. The number of nitrogens with one attached hydrogen (secondary N) is 2. The molecule has 126 valence electrons. The van der Waals surface area contributed by atoms with Gasteiger partial charge in [0.1, 0.15) is 0 Å². The van der Waals surface area contributed by atoms with Crippen LogP contribution in [-0.2, 0) is 10.0 Å². The number of carbonyl (C=O) groups is 1. The van der Waals surface area contributed by atoms with Crippen molar-refractivity contribution in [2.75, 3.05) is 18.8 Å². The molecule has 1 aliphatic heterocycles. The molecule has 0 bridgehead atoms. The van der Waals surface area contributed by atoms with Gasteiger partial charge in [0.2, 0.25) is 10.0 Å². The number of urea groups is 1. The van der Waals surface area contributed by atoms with Crippen LogP contribution in [0, 0.1) is 5.92 Å². The number of hydrogen-bond donors (Lipinski definition) is 2. The SMILES string of the molecule is O=C(NC1CCCCC1)NC(CN1CCCS1(=O)=O)C1CC1. The molecule has 2 amide bonds. The molecule has 0 radical (unpaired) electrons. The van der Waals surface area contributed by atoms with Gasteiger partial charge in [-0.1, -0.05) is 19.3 Å². The van der Waals surface area contributed by atoms with E-state index in [4.69, 9.17) is 0 Å². The fourth-order valence-corrected chi connectivity index (χ4v) is 5.12. The minimum atomic E-state index is -3.09. The molecule has 0 aromatic heterocycles. The molecule has 2 saturated carbocycles. The molecule has 0 aromatic carbocycles. The lowest BCUT2D eigenvalue weighted by Gasteiger charge is -2.27. The molecule has 1 unspecified atom stereocenters. The molecule has 3 aliphatic rings. The van der Waals surface area contributed by atoms with Crippen LogP contribution in [0.4, 0.5) is 4.79 Å². The molecule has 22 heavy (non-hydrogen) atoms. The van der Waals surface area contributed by atoms with Gasteiger partial charge in [-0.2, -0.15) is 4.31 Å². The van der Waals surface area contributed by atoms with Gasteiger partial charge in [0.15, 0.2) is 0 Å². The van der Waals surface area contributed by atoms with Crippen molar-refractivity contribution in [1.29, 1.82) is 0 Å². The summed E-state index contributed by atoms with van der Waals surface area (Å²) >= 11 is 0. The van der Waals surface area contributed by atoms with Crippen LogP contribution in [0.3, 0.4) is 0 Å². The third kappa shape index (κ3) is 4.13. The third-order valence-corrected chi connectivity index (χ3v) is 6.97. The van der Waals surface area contributed by atoms with Crippen molar-refractivity contribution in [3.8, 4) is 0 Å². The van der Waals surface area contributed by atoms with Crippen molar-refractivity contribution < 1.29 is 13.2 Å². The monoisotopic (exact) mass is 329 g/mol. The first-order valence-electron chi connectivity index (χ1n) is 8.59. The predicted octanol–water partition coefficient (Wildman–Crippen LogP) is 1.43. The fourth-order valence-electron chi connectivity index (χ4n) is 3.57. The first-order valence-corrected chi connectivity index (χ1v) is 10.2. The maximum atomic E-state index is 12.2. The first kappa shape index (κ1) is 16.1. The lowest BCUT2D eigenvalue weighted by atomic mass is 9.96. The van der Waals surface area contributed by atoms with E-state index < -0.39 is 10.0 Å². The van der Waals surface area contributed by atoms with E-state index in [1.807, 2.05) is 0 Å². The minimum Gasteiger partial charge on any atom is -0.335 e. The Hall–Kier alpha value is -0.820. The quantitative estimate of drug-likeness (QED) is 0.801. The molecule has 6 nitrogen and oxygen atoms in total. The summed E-state index contributed by atoms with van der Waals surface area (Å²) in [5.41, 5.74) is 0. The van der Waals surface area contributed by atoms with Crippen LogP contribution in [0.15, 0.2) is 0 Å². The number of rotatable bonds is 5. The van der Waals surface area contributed by atoms with E-state index in [0.29, 0.717) is 25.4 Å². The maximum Gasteiger partial charge on any atom is 0.315 e. The van der Waals surface area contributed by atoms with Crippen molar-refractivity contribution in [3.63, 3.8) is 0 Å². The van der Waals surface area contributed by atoms with Gasteiger partial charge in [0.25, 0.3) is 0 Å². The topological polar surface area (TPSA) is 78.5 Å². The Kier molecular flexibility index (Phi) is 4.92. The zero-order valence-corrected chi connectivity index (χ0v) is 13.9. The highest BCUT2D eigenvalue weighted by Gasteiger charge is 2.38. The van der Waals surface area contributed by atoms with Gasteiger partial charge < -0.3 is 10.6 Å². The summed E-state index contributed by atoms with van der Waals surface area (Å²) in [5.74, 6) is 0.687. The molecule has 3 fully saturated rings. The van der Waals surface area contributed by atoms with Gasteiger partial charge >= 0.3 is 6.03 Å². The summed E-state index contributed by atoms with van der Waals surface area (Å²) in [7, 11) is -3.09. The Morgan fingerprint density at radius 2 is 1.82 bits per heavy atom. The Morgan fingerprint density at radius 1 is 1.09 bits per heavy atom. The minimum absolute atomic E-state index is 0.0449. The largest absolute Gasteiger partial charge is 0.335 e. The average molecular weight is 329 g/mol. The van der Waals surface area contributed by atoms with Gasteiger partial charge in [-0.15, -0.1) is 0 Å². The summed E-state index contributed by atoms with van der Waals surface area (Å²) in [5, 5.41) is 6.09. The van der Waals surface area contributed by atoms with Crippen molar-refractivity contribution in [1.82, 2.24) is 14.9 Å². The zero-order chi connectivity index (χ0) is 15.6. The van der Waals surface area contributed by atoms with Crippen LogP contribution in [0.5, 0.6) is 0 Å². The first-order chi connectivity index (χ1) is 10.5. The maximum absolute atomic E-state index is 12.2. The van der Waals surface area contributed by atoms with E-state index >= 15 is 0 Å². The van der Waals surface area contributed by atoms with Crippen LogP contribution in [0.2, 0.25) is 0 Å². The number of nitrogens with zero attached hydrogens (tertiary/aromatic N) is 1. The van der Waals surface area contributed by atoms with Crippen molar-refractivity contribution >= 4 is 16.1 Å². The number of hydrogen-bond acceptors (Lipinski definition) is 3. The van der Waals surface area contributed by atoms with Crippen LogP contribution < -0.4 is 10.6 Å². The highest BCUT2D eigenvalue weighted by atomic mass is 32.2. The molecule has 1 saturated heterocycles. The second-order valence-corrected chi connectivity index (χ2v) is 9.01. The summed E-state index contributed by atoms with van der Waals surface area (Å²) in [6, 6.07) is 0.112. The van der Waals surface area contributed by atoms with Gasteiger partial charge in [-0.25, -0.2) is 13.2 Å². The van der Waals surface area contributed by atoms with Crippen LogP contribution in [-0.4, -0.2) is 49.7 Å². The summed E-state index contributed by atoms with van der Waals surface area (Å²) in [6.45, 7) is 1.03. The predicted molar refractivity (Wildman–Crippen MR) is 85.0 cm³/mol. The molecule has 2 aliphatic carbocycles. The Labute approximate surface area is 133 Å². The normalized spacial score (nSPS) is 27.5. The van der Waals surface area contributed by atoms with Crippen LogP contribution >= 0.6 is 0 Å². The van der Waals surface area contributed by atoms with Crippen LogP contribution in [0.25, 0.3) is 0 Å². The van der Waals surface area contributed by atoms with E-state index in [9.17, 15) is 13.2 Å². The summed E-state index contributed by atoms with van der Waals surface area (Å²) in [6.07, 6.45) is 8.62. The Bertz CT molecular complexity index is 498. The van der Waals surface area contributed by atoms with E-state index in [1.165, 1.54) is 19.3 Å². The molecule has 1 atom stereocenters. The average Bonchev–Trinajstić information content (AvgIpc) is 3.26. The van der Waals surface area contributed by atoms with E-state index in [1.54, 1.807) is 4.31 Å². The Balaban J connectivity index is 1.52. The zero-order valence-electron chi connectivity index (χ0n) is 13.1. The molecule has 0 aromatic rings. The molecule has 7 heteroatoms.